The molecule has 0 radical (unpaired) electrons. The molecule has 0 spiro atoms. The molecule has 2 heterocycles. The van der Waals surface area contributed by atoms with Crippen molar-refractivity contribution in [2.24, 2.45) is 23.7 Å². The second-order valence-corrected chi connectivity index (χ2v) is 6.88. The summed E-state index contributed by atoms with van der Waals surface area (Å²) in [5.74, 6) is 4.93. The molecule has 0 aromatic carbocycles. The monoisotopic (exact) mass is 272 g/mol. The van der Waals surface area contributed by atoms with E-state index in [4.69, 9.17) is 4.74 Å². The second kappa shape index (κ2) is 5.03. The average Bonchev–Trinajstić information content (AvgIpc) is 2.94. The minimum absolute atomic E-state index is 0.923. The summed E-state index contributed by atoms with van der Waals surface area (Å²) in [4.78, 5) is 7.13. The molecule has 1 aromatic heterocycles. The standard InChI is InChI=1S/C17H24N2O/c1-20-15-6-7-18-14(8-15)9-19-10-16-12-2-3-13(5-4-12)17(16)11-19/h6-8,12-13,16-17H,2-5,9-11H2,1H3/t12?,13?,16-,17+. The van der Waals surface area contributed by atoms with Gasteiger partial charge in [0.1, 0.15) is 5.75 Å². The predicted octanol–water partition coefficient (Wildman–Crippen LogP) is 2.96. The van der Waals surface area contributed by atoms with Gasteiger partial charge in [0.15, 0.2) is 0 Å². The average molecular weight is 272 g/mol. The maximum Gasteiger partial charge on any atom is 0.122 e. The molecule has 4 aliphatic rings. The fourth-order valence-electron chi connectivity index (χ4n) is 4.97. The van der Waals surface area contributed by atoms with Gasteiger partial charge in [-0.05, 0) is 55.4 Å². The third kappa shape index (κ3) is 2.12. The molecule has 2 atom stereocenters. The lowest BCUT2D eigenvalue weighted by atomic mass is 9.60. The number of ether oxygens (including phenoxy) is 1. The summed E-state index contributed by atoms with van der Waals surface area (Å²) in [6.45, 7) is 3.58. The molecule has 1 aromatic rings. The van der Waals surface area contributed by atoms with E-state index in [9.17, 15) is 0 Å². The summed E-state index contributed by atoms with van der Waals surface area (Å²) >= 11 is 0. The lowest BCUT2D eigenvalue weighted by Crippen LogP contribution is -2.38. The minimum atomic E-state index is 0.923. The van der Waals surface area contributed by atoms with Gasteiger partial charge < -0.3 is 4.74 Å². The van der Waals surface area contributed by atoms with Gasteiger partial charge in [-0.25, -0.2) is 0 Å². The summed E-state index contributed by atoms with van der Waals surface area (Å²) < 4.78 is 5.30. The maximum absolute atomic E-state index is 5.30. The highest BCUT2D eigenvalue weighted by Crippen LogP contribution is 2.51. The van der Waals surface area contributed by atoms with Crippen LogP contribution in [0, 0.1) is 23.7 Å². The van der Waals surface area contributed by atoms with Gasteiger partial charge in [-0.2, -0.15) is 0 Å². The number of hydrogen-bond donors (Lipinski definition) is 0. The highest BCUT2D eigenvalue weighted by Gasteiger charge is 2.47. The van der Waals surface area contributed by atoms with Crippen molar-refractivity contribution >= 4 is 0 Å². The zero-order valence-electron chi connectivity index (χ0n) is 12.3. The van der Waals surface area contributed by atoms with Crippen LogP contribution in [-0.2, 0) is 6.54 Å². The van der Waals surface area contributed by atoms with E-state index >= 15 is 0 Å². The molecule has 5 rings (SSSR count). The van der Waals surface area contributed by atoms with Crippen molar-refractivity contribution in [3.63, 3.8) is 0 Å². The van der Waals surface area contributed by atoms with Crippen LogP contribution in [0.4, 0.5) is 0 Å². The van der Waals surface area contributed by atoms with Crippen LogP contribution in [0.5, 0.6) is 5.75 Å². The number of nitrogens with zero attached hydrogens (tertiary/aromatic N) is 2. The topological polar surface area (TPSA) is 25.4 Å². The highest BCUT2D eigenvalue weighted by molar-refractivity contribution is 5.22. The Kier molecular flexibility index (Phi) is 3.18. The van der Waals surface area contributed by atoms with E-state index in [0.717, 1.165) is 41.7 Å². The molecule has 3 aliphatic carbocycles. The molecule has 3 saturated carbocycles. The molecule has 108 valence electrons. The number of methoxy groups -OCH3 is 1. The summed E-state index contributed by atoms with van der Waals surface area (Å²) in [6.07, 6.45) is 7.85. The van der Waals surface area contributed by atoms with Crippen LogP contribution in [-0.4, -0.2) is 30.1 Å². The summed E-state index contributed by atoms with van der Waals surface area (Å²) in [6, 6.07) is 4.00. The summed E-state index contributed by atoms with van der Waals surface area (Å²) in [5.41, 5.74) is 1.15. The van der Waals surface area contributed by atoms with Gasteiger partial charge in [-0.1, -0.05) is 0 Å². The van der Waals surface area contributed by atoms with Crippen molar-refractivity contribution in [3.8, 4) is 5.75 Å². The van der Waals surface area contributed by atoms with Crippen LogP contribution in [0.3, 0.4) is 0 Å². The Morgan fingerprint density at radius 2 is 1.80 bits per heavy atom. The van der Waals surface area contributed by atoms with Crippen LogP contribution in [0.2, 0.25) is 0 Å². The first-order valence-electron chi connectivity index (χ1n) is 8.05. The SMILES string of the molecule is COc1ccnc(CN2C[C@@H]3C4CCC(CC4)[C@@H]3C2)c1. The molecular weight excluding hydrogens is 248 g/mol. The summed E-state index contributed by atoms with van der Waals surface area (Å²) in [7, 11) is 1.72. The van der Waals surface area contributed by atoms with Crippen molar-refractivity contribution in [2.45, 2.75) is 32.2 Å². The van der Waals surface area contributed by atoms with Gasteiger partial charge >= 0.3 is 0 Å². The quantitative estimate of drug-likeness (QED) is 0.846. The maximum atomic E-state index is 5.30. The first-order valence-corrected chi connectivity index (χ1v) is 8.05. The number of likely N-dealkylation sites (tertiary alicyclic amines) is 1. The fourth-order valence-corrected chi connectivity index (χ4v) is 4.97. The van der Waals surface area contributed by atoms with E-state index in [-0.39, 0.29) is 0 Å². The second-order valence-electron chi connectivity index (χ2n) is 6.88. The zero-order chi connectivity index (χ0) is 13.5. The molecule has 2 bridgehead atoms. The minimum Gasteiger partial charge on any atom is -0.497 e. The Labute approximate surface area is 121 Å². The van der Waals surface area contributed by atoms with Gasteiger partial charge in [0.05, 0.1) is 12.8 Å². The van der Waals surface area contributed by atoms with E-state index in [1.54, 1.807) is 7.11 Å². The van der Waals surface area contributed by atoms with E-state index in [2.05, 4.69) is 16.0 Å². The molecule has 3 heteroatoms. The Morgan fingerprint density at radius 3 is 2.40 bits per heavy atom. The molecule has 1 aliphatic heterocycles. The Balaban J connectivity index is 1.46. The van der Waals surface area contributed by atoms with Gasteiger partial charge in [0.2, 0.25) is 0 Å². The molecule has 1 saturated heterocycles. The first-order chi connectivity index (χ1) is 9.83. The van der Waals surface area contributed by atoms with Crippen LogP contribution in [0.15, 0.2) is 18.3 Å². The van der Waals surface area contributed by atoms with Crippen molar-refractivity contribution < 1.29 is 4.74 Å². The van der Waals surface area contributed by atoms with E-state index in [1.807, 2.05) is 12.3 Å². The van der Waals surface area contributed by atoms with Crippen molar-refractivity contribution in [1.82, 2.24) is 9.88 Å². The zero-order valence-corrected chi connectivity index (χ0v) is 12.3. The lowest BCUT2D eigenvalue weighted by molar-refractivity contribution is 0.0577. The van der Waals surface area contributed by atoms with Crippen molar-refractivity contribution in [2.75, 3.05) is 20.2 Å². The number of fused-ring (bicyclic) bond motifs is 2. The van der Waals surface area contributed by atoms with Crippen LogP contribution >= 0.6 is 0 Å². The third-order valence-corrected chi connectivity index (χ3v) is 5.92. The molecule has 0 amide bonds. The van der Waals surface area contributed by atoms with Gasteiger partial charge in [0.25, 0.3) is 0 Å². The third-order valence-electron chi connectivity index (χ3n) is 5.92. The van der Waals surface area contributed by atoms with Crippen molar-refractivity contribution in [1.29, 1.82) is 0 Å². The fraction of sp³-hybridized carbons (Fsp3) is 0.706. The first kappa shape index (κ1) is 12.6. The number of pyridine rings is 1. The van der Waals surface area contributed by atoms with E-state index < -0.39 is 0 Å². The smallest absolute Gasteiger partial charge is 0.122 e. The lowest BCUT2D eigenvalue weighted by Gasteiger charge is -2.45. The normalized spacial score (nSPS) is 36.0. The Morgan fingerprint density at radius 1 is 1.15 bits per heavy atom. The Hall–Kier alpha value is -1.09. The molecule has 20 heavy (non-hydrogen) atoms. The highest BCUT2D eigenvalue weighted by atomic mass is 16.5. The molecule has 0 unspecified atom stereocenters. The number of rotatable bonds is 3. The van der Waals surface area contributed by atoms with Gasteiger partial charge in [0, 0.05) is 31.9 Å². The van der Waals surface area contributed by atoms with Gasteiger partial charge in [-0.3, -0.25) is 9.88 Å². The van der Waals surface area contributed by atoms with E-state index in [0.29, 0.717) is 0 Å². The van der Waals surface area contributed by atoms with E-state index in [1.165, 1.54) is 38.8 Å². The summed E-state index contributed by atoms with van der Waals surface area (Å²) in [5, 5.41) is 0. The predicted molar refractivity (Wildman–Crippen MR) is 78.5 cm³/mol. The van der Waals surface area contributed by atoms with Crippen molar-refractivity contribution in [3.05, 3.63) is 24.0 Å². The van der Waals surface area contributed by atoms with Crippen LogP contribution in [0.25, 0.3) is 0 Å². The molecular formula is C17H24N2O. The van der Waals surface area contributed by atoms with Crippen LogP contribution in [0.1, 0.15) is 31.4 Å². The molecule has 4 fully saturated rings. The molecule has 3 nitrogen and oxygen atoms in total. The largest absolute Gasteiger partial charge is 0.497 e. The Bertz CT molecular complexity index is 462. The number of aromatic nitrogens is 1. The molecule has 0 N–H and O–H groups in total. The number of hydrogen-bond acceptors (Lipinski definition) is 3. The van der Waals surface area contributed by atoms with Gasteiger partial charge in [-0.15, -0.1) is 0 Å². The van der Waals surface area contributed by atoms with Crippen LogP contribution < -0.4 is 4.74 Å².